The molecule has 0 spiro atoms. The van der Waals surface area contributed by atoms with Gasteiger partial charge in [-0.2, -0.15) is 0 Å². The summed E-state index contributed by atoms with van der Waals surface area (Å²) in [4.78, 5) is 22.0. The topological polar surface area (TPSA) is 77.0 Å². The van der Waals surface area contributed by atoms with Crippen LogP contribution in [0, 0.1) is 0 Å². The second kappa shape index (κ2) is 5.51. The van der Waals surface area contributed by atoms with Gasteiger partial charge < -0.3 is 15.2 Å². The number of pyridine rings is 1. The predicted molar refractivity (Wildman–Crippen MR) is 72.0 cm³/mol. The van der Waals surface area contributed by atoms with E-state index in [0.717, 1.165) is 5.82 Å². The van der Waals surface area contributed by atoms with Crippen molar-refractivity contribution in [2.75, 3.05) is 12.8 Å². The minimum absolute atomic E-state index is 0.000251. The fourth-order valence-electron chi connectivity index (χ4n) is 1.68. The highest BCUT2D eigenvalue weighted by Crippen LogP contribution is 2.05. The van der Waals surface area contributed by atoms with Crippen molar-refractivity contribution in [3.63, 3.8) is 0 Å². The molecule has 0 aliphatic rings. The van der Waals surface area contributed by atoms with Crippen molar-refractivity contribution in [2.24, 2.45) is 7.05 Å². The Morgan fingerprint density at radius 1 is 1.42 bits per heavy atom. The lowest BCUT2D eigenvalue weighted by atomic mass is 10.2. The molecule has 0 saturated heterocycles. The Morgan fingerprint density at radius 3 is 2.79 bits per heavy atom. The van der Waals surface area contributed by atoms with Gasteiger partial charge in [-0.25, -0.2) is 4.98 Å². The van der Waals surface area contributed by atoms with Gasteiger partial charge in [0.25, 0.3) is 0 Å². The van der Waals surface area contributed by atoms with Crippen molar-refractivity contribution in [2.45, 2.75) is 13.0 Å². The summed E-state index contributed by atoms with van der Waals surface area (Å²) in [6, 6.07) is 3.51. The monoisotopic (exact) mass is 259 g/mol. The average molecular weight is 259 g/mol. The van der Waals surface area contributed by atoms with Gasteiger partial charge in [0, 0.05) is 32.2 Å². The Bertz CT molecular complexity index is 561. The zero-order chi connectivity index (χ0) is 13.8. The summed E-state index contributed by atoms with van der Waals surface area (Å²) in [6.07, 6.45) is 5.40. The molecule has 2 aromatic rings. The van der Waals surface area contributed by atoms with Crippen LogP contribution in [0.3, 0.4) is 0 Å². The molecule has 6 heteroatoms. The maximum atomic E-state index is 12.1. The molecular weight excluding hydrogens is 242 g/mol. The van der Waals surface area contributed by atoms with Crippen LogP contribution < -0.4 is 5.73 Å². The molecular formula is C13H17N5O. The number of nitrogens with two attached hydrogens (primary N) is 1. The van der Waals surface area contributed by atoms with Crippen LogP contribution in [-0.2, 0) is 24.8 Å². The van der Waals surface area contributed by atoms with Crippen LogP contribution in [0.25, 0.3) is 0 Å². The molecule has 1 amide bonds. The lowest BCUT2D eigenvalue weighted by Gasteiger charge is -2.16. The van der Waals surface area contributed by atoms with Crippen molar-refractivity contribution < 1.29 is 4.79 Å². The summed E-state index contributed by atoms with van der Waals surface area (Å²) in [5.41, 5.74) is 6.86. The fraction of sp³-hybridized carbons (Fsp3) is 0.308. The number of anilines is 1. The first-order chi connectivity index (χ1) is 9.06. The third-order valence-corrected chi connectivity index (χ3v) is 2.91. The Kier molecular flexibility index (Phi) is 3.79. The number of carbonyl (C=O) groups excluding carboxylic acids is 1. The second-order valence-electron chi connectivity index (χ2n) is 4.46. The minimum atomic E-state index is 0.000251. The van der Waals surface area contributed by atoms with Crippen LogP contribution >= 0.6 is 0 Å². The van der Waals surface area contributed by atoms with Gasteiger partial charge in [0.2, 0.25) is 5.91 Å². The molecule has 0 bridgehead atoms. The predicted octanol–water partition coefficient (Wildman–Crippen LogP) is 0.598. The molecule has 0 fully saturated rings. The van der Waals surface area contributed by atoms with Gasteiger partial charge in [-0.05, 0) is 12.1 Å². The van der Waals surface area contributed by atoms with Crippen LogP contribution in [0.1, 0.15) is 11.5 Å². The van der Waals surface area contributed by atoms with Crippen LogP contribution in [-0.4, -0.2) is 32.4 Å². The van der Waals surface area contributed by atoms with Gasteiger partial charge in [0.1, 0.15) is 5.82 Å². The highest BCUT2D eigenvalue weighted by Gasteiger charge is 2.12. The van der Waals surface area contributed by atoms with E-state index in [1.54, 1.807) is 36.5 Å². The van der Waals surface area contributed by atoms with E-state index in [9.17, 15) is 4.79 Å². The third-order valence-electron chi connectivity index (χ3n) is 2.91. The molecule has 0 radical (unpaired) electrons. The van der Waals surface area contributed by atoms with Crippen LogP contribution in [0.2, 0.25) is 0 Å². The smallest absolute Gasteiger partial charge is 0.228 e. The zero-order valence-electron chi connectivity index (χ0n) is 11.1. The number of aromatic nitrogens is 3. The van der Waals surface area contributed by atoms with Gasteiger partial charge in [-0.15, -0.1) is 0 Å². The quantitative estimate of drug-likeness (QED) is 0.872. The van der Waals surface area contributed by atoms with Crippen molar-refractivity contribution in [3.05, 3.63) is 42.2 Å². The van der Waals surface area contributed by atoms with Crippen molar-refractivity contribution in [3.8, 4) is 0 Å². The van der Waals surface area contributed by atoms with Crippen LogP contribution in [0.15, 0.2) is 30.7 Å². The maximum absolute atomic E-state index is 12.1. The number of nitrogens with zero attached hydrogens (tertiary/aromatic N) is 4. The first-order valence-corrected chi connectivity index (χ1v) is 5.97. The van der Waals surface area contributed by atoms with Gasteiger partial charge in [-0.3, -0.25) is 9.78 Å². The fourth-order valence-corrected chi connectivity index (χ4v) is 1.68. The number of hydrogen-bond acceptors (Lipinski definition) is 4. The molecule has 19 heavy (non-hydrogen) atoms. The van der Waals surface area contributed by atoms with E-state index in [2.05, 4.69) is 9.97 Å². The molecule has 0 aromatic carbocycles. The molecule has 0 saturated carbocycles. The number of likely N-dealkylation sites (N-methyl/N-ethyl adjacent to an activating group) is 1. The van der Waals surface area contributed by atoms with E-state index >= 15 is 0 Å². The summed E-state index contributed by atoms with van der Waals surface area (Å²) in [7, 11) is 3.66. The van der Waals surface area contributed by atoms with Gasteiger partial charge >= 0.3 is 0 Å². The molecule has 100 valence electrons. The number of hydrogen-bond donors (Lipinski definition) is 1. The largest absolute Gasteiger partial charge is 0.397 e. The Morgan fingerprint density at radius 2 is 2.21 bits per heavy atom. The zero-order valence-corrected chi connectivity index (χ0v) is 11.1. The lowest BCUT2D eigenvalue weighted by molar-refractivity contribution is -0.129. The molecule has 2 heterocycles. The molecule has 2 aromatic heterocycles. The van der Waals surface area contributed by atoms with E-state index in [1.807, 2.05) is 17.8 Å². The number of rotatable bonds is 4. The Hall–Kier alpha value is -2.37. The molecule has 0 aliphatic carbocycles. The summed E-state index contributed by atoms with van der Waals surface area (Å²) >= 11 is 0. The van der Waals surface area contributed by atoms with Crippen molar-refractivity contribution in [1.29, 1.82) is 0 Å². The van der Waals surface area contributed by atoms with Crippen molar-refractivity contribution in [1.82, 2.24) is 19.4 Å². The van der Waals surface area contributed by atoms with E-state index in [1.165, 1.54) is 0 Å². The van der Waals surface area contributed by atoms with E-state index in [4.69, 9.17) is 5.73 Å². The number of nitrogen functional groups attached to an aromatic ring is 1. The highest BCUT2D eigenvalue weighted by atomic mass is 16.2. The summed E-state index contributed by atoms with van der Waals surface area (Å²) in [6.45, 7) is 0.483. The third kappa shape index (κ3) is 3.31. The summed E-state index contributed by atoms with van der Waals surface area (Å²) in [5.74, 6) is 0.849. The van der Waals surface area contributed by atoms with Crippen LogP contribution in [0.5, 0.6) is 0 Å². The molecule has 2 N–H and O–H groups in total. The van der Waals surface area contributed by atoms with E-state index in [-0.39, 0.29) is 12.3 Å². The normalized spacial score (nSPS) is 10.4. The van der Waals surface area contributed by atoms with E-state index < -0.39 is 0 Å². The first-order valence-electron chi connectivity index (χ1n) is 5.97. The van der Waals surface area contributed by atoms with Gasteiger partial charge in [0.05, 0.1) is 24.8 Å². The number of aryl methyl sites for hydroxylation is 1. The number of imidazole rings is 1. The molecule has 0 unspecified atom stereocenters. The summed E-state index contributed by atoms with van der Waals surface area (Å²) in [5, 5.41) is 0. The Balaban J connectivity index is 1.96. The molecule has 2 rings (SSSR count). The standard InChI is InChI=1S/C13H17N5O/c1-17-6-5-15-12(17)9-18(2)13(19)7-11-4-3-10(14)8-16-11/h3-6,8H,7,9,14H2,1-2H3. The number of carbonyl (C=O) groups is 1. The Labute approximate surface area is 111 Å². The lowest BCUT2D eigenvalue weighted by Crippen LogP contribution is -2.29. The maximum Gasteiger partial charge on any atom is 0.228 e. The second-order valence-corrected chi connectivity index (χ2v) is 4.46. The number of amides is 1. The molecule has 0 aliphatic heterocycles. The van der Waals surface area contributed by atoms with Gasteiger partial charge in [0.15, 0.2) is 0 Å². The van der Waals surface area contributed by atoms with Gasteiger partial charge in [-0.1, -0.05) is 0 Å². The minimum Gasteiger partial charge on any atom is -0.397 e. The summed E-state index contributed by atoms with van der Waals surface area (Å²) < 4.78 is 1.89. The molecule has 6 nitrogen and oxygen atoms in total. The van der Waals surface area contributed by atoms with Crippen molar-refractivity contribution >= 4 is 11.6 Å². The van der Waals surface area contributed by atoms with E-state index in [0.29, 0.717) is 17.9 Å². The first kappa shape index (κ1) is 13.1. The highest BCUT2D eigenvalue weighted by molar-refractivity contribution is 5.78. The average Bonchev–Trinajstić information content (AvgIpc) is 2.78. The molecule has 0 atom stereocenters. The SMILES string of the molecule is CN(Cc1nccn1C)C(=O)Cc1ccc(N)cn1. The van der Waals surface area contributed by atoms with Crippen LogP contribution in [0.4, 0.5) is 5.69 Å².